The van der Waals surface area contributed by atoms with Crippen molar-refractivity contribution in [1.82, 2.24) is 15.6 Å². The second-order valence-corrected chi connectivity index (χ2v) is 4.29. The van der Waals surface area contributed by atoms with Crippen LogP contribution in [0.4, 0.5) is 0 Å². The molecule has 1 heterocycles. The SMILES string of the molecule is S=C(NCc1ccccc1)NCc1cccnc1. The molecule has 1 aromatic heterocycles. The van der Waals surface area contributed by atoms with Gasteiger partial charge in [-0.2, -0.15) is 0 Å². The second-order valence-electron chi connectivity index (χ2n) is 3.88. The van der Waals surface area contributed by atoms with Gasteiger partial charge >= 0.3 is 0 Å². The summed E-state index contributed by atoms with van der Waals surface area (Å²) >= 11 is 5.21. The molecule has 0 atom stereocenters. The molecule has 0 fully saturated rings. The van der Waals surface area contributed by atoms with Gasteiger partial charge in [0.25, 0.3) is 0 Å². The van der Waals surface area contributed by atoms with E-state index in [4.69, 9.17) is 12.2 Å². The Kier molecular flexibility index (Phi) is 4.67. The number of thiocarbonyl (C=S) groups is 1. The van der Waals surface area contributed by atoms with Crippen LogP contribution in [-0.2, 0) is 13.1 Å². The van der Waals surface area contributed by atoms with E-state index in [1.165, 1.54) is 5.56 Å². The van der Waals surface area contributed by atoms with E-state index in [1.54, 1.807) is 6.20 Å². The first-order chi connectivity index (χ1) is 8.84. The van der Waals surface area contributed by atoms with Crippen LogP contribution in [0.5, 0.6) is 0 Å². The Hall–Kier alpha value is -1.94. The monoisotopic (exact) mass is 257 g/mol. The third-order valence-corrected chi connectivity index (χ3v) is 2.76. The second kappa shape index (κ2) is 6.71. The van der Waals surface area contributed by atoms with Crippen molar-refractivity contribution in [2.45, 2.75) is 13.1 Å². The molecule has 0 bridgehead atoms. The lowest BCUT2D eigenvalue weighted by Gasteiger charge is -2.10. The van der Waals surface area contributed by atoms with Crippen molar-refractivity contribution in [1.29, 1.82) is 0 Å². The van der Waals surface area contributed by atoms with Crippen LogP contribution in [-0.4, -0.2) is 10.1 Å². The summed E-state index contributed by atoms with van der Waals surface area (Å²) in [6, 6.07) is 14.1. The Morgan fingerprint density at radius 3 is 2.28 bits per heavy atom. The van der Waals surface area contributed by atoms with Crippen LogP contribution >= 0.6 is 12.2 Å². The topological polar surface area (TPSA) is 37.0 Å². The van der Waals surface area contributed by atoms with Gasteiger partial charge in [0, 0.05) is 25.5 Å². The van der Waals surface area contributed by atoms with Crippen LogP contribution in [0.3, 0.4) is 0 Å². The van der Waals surface area contributed by atoms with E-state index >= 15 is 0 Å². The summed E-state index contributed by atoms with van der Waals surface area (Å²) in [7, 11) is 0. The molecule has 2 N–H and O–H groups in total. The molecule has 92 valence electrons. The number of benzene rings is 1. The van der Waals surface area contributed by atoms with Crippen molar-refractivity contribution in [2.24, 2.45) is 0 Å². The highest BCUT2D eigenvalue weighted by molar-refractivity contribution is 7.80. The summed E-state index contributed by atoms with van der Waals surface area (Å²) in [4.78, 5) is 4.05. The van der Waals surface area contributed by atoms with Crippen LogP contribution in [0.25, 0.3) is 0 Å². The molecule has 1 aromatic carbocycles. The minimum Gasteiger partial charge on any atom is -0.359 e. The quantitative estimate of drug-likeness (QED) is 0.824. The number of aromatic nitrogens is 1. The van der Waals surface area contributed by atoms with E-state index in [-0.39, 0.29) is 0 Å². The molecule has 0 unspecified atom stereocenters. The molecular formula is C14H15N3S. The van der Waals surface area contributed by atoms with E-state index in [0.29, 0.717) is 11.7 Å². The number of rotatable bonds is 4. The van der Waals surface area contributed by atoms with Gasteiger partial charge in [0.2, 0.25) is 0 Å². The zero-order valence-corrected chi connectivity index (χ0v) is 10.8. The average Bonchev–Trinajstić information content (AvgIpc) is 2.45. The summed E-state index contributed by atoms with van der Waals surface area (Å²) in [5, 5.41) is 6.97. The molecule has 4 heteroatoms. The van der Waals surface area contributed by atoms with Gasteiger partial charge in [-0.1, -0.05) is 36.4 Å². The van der Waals surface area contributed by atoms with Gasteiger partial charge in [0.1, 0.15) is 0 Å². The van der Waals surface area contributed by atoms with Crippen molar-refractivity contribution in [3.63, 3.8) is 0 Å². The Balaban J connectivity index is 1.73. The maximum atomic E-state index is 5.21. The summed E-state index contributed by atoms with van der Waals surface area (Å²) in [5.41, 5.74) is 2.32. The largest absolute Gasteiger partial charge is 0.359 e. The molecule has 0 spiro atoms. The van der Waals surface area contributed by atoms with Crippen LogP contribution < -0.4 is 10.6 Å². The third kappa shape index (κ3) is 4.14. The molecule has 0 aliphatic rings. The third-order valence-electron chi connectivity index (χ3n) is 2.47. The van der Waals surface area contributed by atoms with E-state index < -0.39 is 0 Å². The maximum absolute atomic E-state index is 5.21. The summed E-state index contributed by atoms with van der Waals surface area (Å²) < 4.78 is 0. The van der Waals surface area contributed by atoms with Gasteiger partial charge in [-0.15, -0.1) is 0 Å². The van der Waals surface area contributed by atoms with E-state index in [2.05, 4.69) is 27.8 Å². The van der Waals surface area contributed by atoms with Crippen LogP contribution in [0.1, 0.15) is 11.1 Å². The van der Waals surface area contributed by atoms with Gasteiger partial charge in [0.05, 0.1) is 0 Å². The Morgan fingerprint density at radius 2 is 1.61 bits per heavy atom. The fourth-order valence-corrected chi connectivity index (χ4v) is 1.67. The van der Waals surface area contributed by atoms with Crippen molar-refractivity contribution in [3.8, 4) is 0 Å². The molecule has 0 aliphatic carbocycles. The lowest BCUT2D eigenvalue weighted by Crippen LogP contribution is -2.34. The Morgan fingerprint density at radius 1 is 0.944 bits per heavy atom. The molecule has 0 saturated heterocycles. The fourth-order valence-electron chi connectivity index (χ4n) is 1.53. The zero-order valence-electron chi connectivity index (χ0n) is 9.97. The first-order valence-electron chi connectivity index (χ1n) is 5.79. The lowest BCUT2D eigenvalue weighted by molar-refractivity contribution is 0.830. The van der Waals surface area contributed by atoms with Gasteiger partial charge in [-0.3, -0.25) is 4.98 Å². The van der Waals surface area contributed by atoms with Gasteiger partial charge in [-0.25, -0.2) is 0 Å². The van der Waals surface area contributed by atoms with Crippen molar-refractivity contribution < 1.29 is 0 Å². The molecule has 0 radical (unpaired) electrons. The number of hydrogen-bond donors (Lipinski definition) is 2. The van der Waals surface area contributed by atoms with E-state index in [1.807, 2.05) is 36.5 Å². The van der Waals surface area contributed by atoms with Crippen molar-refractivity contribution in [2.75, 3.05) is 0 Å². The molecule has 3 nitrogen and oxygen atoms in total. The number of nitrogens with one attached hydrogen (secondary N) is 2. The van der Waals surface area contributed by atoms with Crippen molar-refractivity contribution in [3.05, 3.63) is 66.0 Å². The highest BCUT2D eigenvalue weighted by Gasteiger charge is 1.96. The summed E-state index contributed by atoms with van der Waals surface area (Å²) in [5.74, 6) is 0. The fraction of sp³-hybridized carbons (Fsp3) is 0.143. The normalized spacial score (nSPS) is 9.78. The Labute approximate surface area is 112 Å². The highest BCUT2D eigenvalue weighted by Crippen LogP contribution is 1.97. The van der Waals surface area contributed by atoms with E-state index in [9.17, 15) is 0 Å². The van der Waals surface area contributed by atoms with Crippen LogP contribution in [0.15, 0.2) is 54.9 Å². The van der Waals surface area contributed by atoms with Gasteiger partial charge in [0.15, 0.2) is 5.11 Å². The Bertz CT molecular complexity index is 439. The molecule has 0 amide bonds. The highest BCUT2D eigenvalue weighted by atomic mass is 32.1. The zero-order chi connectivity index (χ0) is 12.6. The predicted molar refractivity (Wildman–Crippen MR) is 77.0 cm³/mol. The van der Waals surface area contributed by atoms with Gasteiger partial charge < -0.3 is 10.6 Å². The molecule has 0 saturated carbocycles. The number of hydrogen-bond acceptors (Lipinski definition) is 2. The minimum absolute atomic E-state index is 0.655. The first kappa shape index (κ1) is 12.5. The molecule has 18 heavy (non-hydrogen) atoms. The molecule has 0 aliphatic heterocycles. The minimum atomic E-state index is 0.655. The molecule has 2 aromatic rings. The predicted octanol–water partition coefficient (Wildman–Crippen LogP) is 2.25. The van der Waals surface area contributed by atoms with Crippen LogP contribution in [0.2, 0.25) is 0 Å². The van der Waals surface area contributed by atoms with Gasteiger partial charge in [-0.05, 0) is 29.4 Å². The average molecular weight is 257 g/mol. The standard InChI is InChI=1S/C14H15N3S/c18-14(16-10-12-5-2-1-3-6-12)17-11-13-7-4-8-15-9-13/h1-9H,10-11H2,(H2,16,17,18). The molecule has 2 rings (SSSR count). The summed E-state index contributed by atoms with van der Waals surface area (Å²) in [6.07, 6.45) is 3.59. The lowest BCUT2D eigenvalue weighted by atomic mass is 10.2. The summed E-state index contributed by atoms with van der Waals surface area (Å²) in [6.45, 7) is 1.42. The number of nitrogens with zero attached hydrogens (tertiary/aromatic N) is 1. The number of pyridine rings is 1. The first-order valence-corrected chi connectivity index (χ1v) is 6.20. The maximum Gasteiger partial charge on any atom is 0.166 e. The van der Waals surface area contributed by atoms with E-state index in [0.717, 1.165) is 12.1 Å². The van der Waals surface area contributed by atoms with Crippen LogP contribution in [0, 0.1) is 0 Å². The molecular weight excluding hydrogens is 242 g/mol. The van der Waals surface area contributed by atoms with Crippen molar-refractivity contribution >= 4 is 17.3 Å². The smallest absolute Gasteiger partial charge is 0.166 e.